The predicted octanol–water partition coefficient (Wildman–Crippen LogP) is 0.799. The van der Waals surface area contributed by atoms with Crippen LogP contribution in [0.25, 0.3) is 0 Å². The van der Waals surface area contributed by atoms with E-state index in [0.717, 1.165) is 5.56 Å². The van der Waals surface area contributed by atoms with E-state index in [4.69, 9.17) is 15.9 Å². The third-order valence-corrected chi connectivity index (χ3v) is 1.78. The Morgan fingerprint density at radius 2 is 1.86 bits per heavy atom. The highest BCUT2D eigenvalue weighted by molar-refractivity contribution is 5.87. The lowest BCUT2D eigenvalue weighted by Gasteiger charge is -2.07. The van der Waals surface area contributed by atoms with Gasteiger partial charge in [0.15, 0.2) is 0 Å². The monoisotopic (exact) mass is 217 g/mol. The van der Waals surface area contributed by atoms with Gasteiger partial charge in [-0.1, -0.05) is 12.1 Å². The number of carboxylic acid groups (broad SMARTS) is 1. The molecule has 0 saturated heterocycles. The van der Waals surface area contributed by atoms with Crippen LogP contribution in [-0.2, 0) is 0 Å². The van der Waals surface area contributed by atoms with Crippen molar-refractivity contribution in [1.82, 2.24) is 0 Å². The summed E-state index contributed by atoms with van der Waals surface area (Å²) in [6.07, 6.45) is 0. The Morgan fingerprint density at radius 3 is 2.21 bits per heavy atom. The van der Waals surface area contributed by atoms with E-state index in [1.54, 1.807) is 12.1 Å². The summed E-state index contributed by atoms with van der Waals surface area (Å²) in [6.45, 7) is -0.146. The quantitative estimate of drug-likeness (QED) is 0.699. The lowest BCUT2D eigenvalue weighted by molar-refractivity contribution is 0.0697. The second kappa shape index (κ2) is 5.59. The smallest absolute Gasteiger partial charge is 0.335 e. The summed E-state index contributed by atoms with van der Waals surface area (Å²) in [7, 11) is 0. The van der Waals surface area contributed by atoms with Crippen molar-refractivity contribution in [2.75, 3.05) is 6.61 Å². The van der Waals surface area contributed by atoms with Crippen LogP contribution < -0.4 is 5.73 Å². The Balaban J connectivity index is 0.00000169. The van der Waals surface area contributed by atoms with Crippen molar-refractivity contribution in [2.45, 2.75) is 6.04 Å². The maximum Gasteiger partial charge on any atom is 0.335 e. The lowest BCUT2D eigenvalue weighted by atomic mass is 10.1. The van der Waals surface area contributed by atoms with E-state index in [1.807, 2.05) is 0 Å². The van der Waals surface area contributed by atoms with Gasteiger partial charge in [0.25, 0.3) is 0 Å². The summed E-state index contributed by atoms with van der Waals surface area (Å²) in [4.78, 5) is 10.5. The van der Waals surface area contributed by atoms with Crippen molar-refractivity contribution in [3.05, 3.63) is 35.4 Å². The molecule has 0 radical (unpaired) electrons. The van der Waals surface area contributed by atoms with E-state index < -0.39 is 12.0 Å². The first-order valence-electron chi connectivity index (χ1n) is 3.85. The fourth-order valence-electron chi connectivity index (χ4n) is 0.978. The van der Waals surface area contributed by atoms with Crippen molar-refractivity contribution in [2.24, 2.45) is 5.73 Å². The van der Waals surface area contributed by atoms with Crippen LogP contribution in [0.5, 0.6) is 0 Å². The molecule has 4 N–H and O–H groups in total. The van der Waals surface area contributed by atoms with Gasteiger partial charge in [-0.3, -0.25) is 0 Å². The molecule has 0 saturated carbocycles. The van der Waals surface area contributed by atoms with Gasteiger partial charge in [0.1, 0.15) is 0 Å². The average Bonchev–Trinajstić information content (AvgIpc) is 2.17. The van der Waals surface area contributed by atoms with Crippen LogP contribution in [0.3, 0.4) is 0 Å². The van der Waals surface area contributed by atoms with E-state index in [1.165, 1.54) is 12.1 Å². The van der Waals surface area contributed by atoms with Crippen molar-refractivity contribution < 1.29 is 15.0 Å². The topological polar surface area (TPSA) is 83.5 Å². The standard InChI is InChI=1S/C9H11NO3.ClH/c10-8(5-11)6-1-3-7(4-2-6)9(12)13;/h1-4,8,11H,5,10H2,(H,12,13);1H. The number of hydrogen-bond donors (Lipinski definition) is 3. The molecule has 0 heterocycles. The van der Waals surface area contributed by atoms with Gasteiger partial charge in [0, 0.05) is 0 Å². The van der Waals surface area contributed by atoms with Gasteiger partial charge in [0.05, 0.1) is 18.2 Å². The first-order chi connectivity index (χ1) is 6.15. The second-order valence-electron chi connectivity index (χ2n) is 2.72. The van der Waals surface area contributed by atoms with Crippen LogP contribution >= 0.6 is 12.4 Å². The molecule has 78 valence electrons. The molecule has 1 atom stereocenters. The number of hydrogen-bond acceptors (Lipinski definition) is 3. The molecule has 0 bridgehead atoms. The highest BCUT2D eigenvalue weighted by Gasteiger charge is 2.05. The van der Waals surface area contributed by atoms with E-state index in [0.29, 0.717) is 0 Å². The average molecular weight is 218 g/mol. The molecule has 0 fully saturated rings. The van der Waals surface area contributed by atoms with E-state index in [2.05, 4.69) is 0 Å². The zero-order valence-corrected chi connectivity index (χ0v) is 8.20. The van der Waals surface area contributed by atoms with Gasteiger partial charge in [-0.25, -0.2) is 4.79 Å². The summed E-state index contributed by atoms with van der Waals surface area (Å²) >= 11 is 0. The Hall–Kier alpha value is -1.10. The largest absolute Gasteiger partial charge is 0.478 e. The highest BCUT2D eigenvalue weighted by Crippen LogP contribution is 2.10. The van der Waals surface area contributed by atoms with Crippen LogP contribution in [-0.4, -0.2) is 22.8 Å². The fraction of sp³-hybridized carbons (Fsp3) is 0.222. The molecule has 0 aromatic heterocycles. The van der Waals surface area contributed by atoms with Crippen LogP contribution in [0.4, 0.5) is 0 Å². The van der Waals surface area contributed by atoms with Crippen molar-refractivity contribution in [3.63, 3.8) is 0 Å². The minimum absolute atomic E-state index is 0. The Bertz CT molecular complexity index is 299. The van der Waals surface area contributed by atoms with Gasteiger partial charge in [0.2, 0.25) is 0 Å². The molecule has 5 heteroatoms. The van der Waals surface area contributed by atoms with Gasteiger partial charge in [-0.05, 0) is 17.7 Å². The molecule has 0 aliphatic heterocycles. The van der Waals surface area contributed by atoms with E-state index in [9.17, 15) is 4.79 Å². The number of carbonyl (C=O) groups is 1. The molecule has 0 amide bonds. The van der Waals surface area contributed by atoms with Crippen LogP contribution in [0.1, 0.15) is 22.0 Å². The van der Waals surface area contributed by atoms with Crippen LogP contribution in [0.2, 0.25) is 0 Å². The molecule has 0 spiro atoms. The molecule has 14 heavy (non-hydrogen) atoms. The molecule has 1 aromatic carbocycles. The number of aliphatic hydroxyl groups is 1. The van der Waals surface area contributed by atoms with Crippen molar-refractivity contribution >= 4 is 18.4 Å². The minimum atomic E-state index is -0.968. The third kappa shape index (κ3) is 2.99. The minimum Gasteiger partial charge on any atom is -0.478 e. The summed E-state index contributed by atoms with van der Waals surface area (Å²) in [5.74, 6) is -0.968. The van der Waals surface area contributed by atoms with Crippen molar-refractivity contribution in [1.29, 1.82) is 0 Å². The first kappa shape index (κ1) is 12.9. The summed E-state index contributed by atoms with van der Waals surface area (Å²) in [5.41, 5.74) is 6.47. The van der Waals surface area contributed by atoms with Gasteiger partial charge in [-0.15, -0.1) is 12.4 Å². The second-order valence-corrected chi connectivity index (χ2v) is 2.72. The van der Waals surface area contributed by atoms with Crippen LogP contribution in [0, 0.1) is 0 Å². The zero-order chi connectivity index (χ0) is 9.84. The number of benzene rings is 1. The SMILES string of the molecule is Cl.NC(CO)c1ccc(C(=O)O)cc1. The summed E-state index contributed by atoms with van der Waals surface area (Å²) < 4.78 is 0. The third-order valence-electron chi connectivity index (χ3n) is 1.78. The van der Waals surface area contributed by atoms with Gasteiger partial charge in [-0.2, -0.15) is 0 Å². The highest BCUT2D eigenvalue weighted by atomic mass is 35.5. The lowest BCUT2D eigenvalue weighted by Crippen LogP contribution is -2.14. The molecular weight excluding hydrogens is 206 g/mol. The Morgan fingerprint density at radius 1 is 1.36 bits per heavy atom. The van der Waals surface area contributed by atoms with Crippen molar-refractivity contribution in [3.8, 4) is 0 Å². The Labute approximate surface area is 87.8 Å². The summed E-state index contributed by atoms with van der Waals surface area (Å²) in [5, 5.41) is 17.3. The molecular formula is C9H12ClNO3. The molecule has 0 aliphatic carbocycles. The molecule has 1 aromatic rings. The molecule has 1 rings (SSSR count). The number of nitrogens with two attached hydrogens (primary N) is 1. The molecule has 4 nitrogen and oxygen atoms in total. The fourth-order valence-corrected chi connectivity index (χ4v) is 0.978. The zero-order valence-electron chi connectivity index (χ0n) is 7.38. The number of halogens is 1. The maximum absolute atomic E-state index is 10.5. The van der Waals surface area contributed by atoms with Gasteiger partial charge < -0.3 is 15.9 Å². The maximum atomic E-state index is 10.5. The number of rotatable bonds is 3. The predicted molar refractivity (Wildman–Crippen MR) is 54.7 cm³/mol. The van der Waals surface area contributed by atoms with Crippen LogP contribution in [0.15, 0.2) is 24.3 Å². The van der Waals surface area contributed by atoms with Gasteiger partial charge >= 0.3 is 5.97 Å². The number of aromatic carboxylic acids is 1. The summed E-state index contributed by atoms with van der Waals surface area (Å²) in [6, 6.07) is 5.69. The normalized spacial score (nSPS) is 11.6. The molecule has 1 unspecified atom stereocenters. The molecule has 0 aliphatic rings. The first-order valence-corrected chi connectivity index (χ1v) is 3.85. The van der Waals surface area contributed by atoms with E-state index in [-0.39, 0.29) is 24.6 Å². The Kier molecular flexibility index (Phi) is 5.15. The number of aliphatic hydroxyl groups excluding tert-OH is 1. The number of carboxylic acids is 1. The van der Waals surface area contributed by atoms with E-state index >= 15 is 0 Å².